The van der Waals surface area contributed by atoms with Crippen molar-refractivity contribution in [1.82, 2.24) is 9.55 Å². The molecule has 0 fully saturated rings. The first-order valence-corrected chi connectivity index (χ1v) is 10.2. The van der Waals surface area contributed by atoms with Crippen LogP contribution in [0.25, 0.3) is 0 Å². The number of hydrogen-bond donors (Lipinski definition) is 0. The lowest BCUT2D eigenvalue weighted by Crippen LogP contribution is -2.40. The molecule has 2 heterocycles. The fourth-order valence-corrected chi connectivity index (χ4v) is 5.01. The van der Waals surface area contributed by atoms with Crippen LogP contribution < -0.4 is 4.31 Å². The summed E-state index contributed by atoms with van der Waals surface area (Å²) in [6.07, 6.45) is 7.03. The molecule has 1 aliphatic heterocycles. The van der Waals surface area contributed by atoms with E-state index in [1.807, 2.05) is 47.2 Å². The third kappa shape index (κ3) is 2.90. The molecule has 0 saturated heterocycles. The molecule has 0 N–H and O–H groups in total. The van der Waals surface area contributed by atoms with Crippen LogP contribution in [0.5, 0.6) is 0 Å². The van der Waals surface area contributed by atoms with E-state index in [1.54, 1.807) is 24.7 Å². The average molecular weight is 367 g/mol. The first-order valence-electron chi connectivity index (χ1n) is 8.76. The number of aromatic nitrogens is 2. The molecule has 134 valence electrons. The van der Waals surface area contributed by atoms with E-state index in [9.17, 15) is 8.42 Å². The van der Waals surface area contributed by atoms with E-state index >= 15 is 0 Å². The van der Waals surface area contributed by atoms with Crippen LogP contribution >= 0.6 is 0 Å². The molecular formula is C20H21N3O2S. The quantitative estimate of drug-likeness (QED) is 0.710. The van der Waals surface area contributed by atoms with Gasteiger partial charge >= 0.3 is 0 Å². The largest absolute Gasteiger partial charge is 0.332 e. The molecule has 0 spiro atoms. The summed E-state index contributed by atoms with van der Waals surface area (Å²) in [5.74, 6) is 0. The highest BCUT2D eigenvalue weighted by molar-refractivity contribution is 7.92. The van der Waals surface area contributed by atoms with E-state index in [0.29, 0.717) is 11.4 Å². The predicted octanol–water partition coefficient (Wildman–Crippen LogP) is 3.44. The molecule has 0 unspecified atom stereocenters. The molecule has 1 aliphatic rings. The van der Waals surface area contributed by atoms with Crippen LogP contribution in [0.4, 0.5) is 5.69 Å². The van der Waals surface area contributed by atoms with E-state index in [4.69, 9.17) is 0 Å². The van der Waals surface area contributed by atoms with Crippen LogP contribution in [-0.4, -0.2) is 24.5 Å². The SMILES string of the molecule is CCc1ccc(S(=O)(=O)N2C[C@H](n3ccnc3)Cc3ccccc32)cc1. The Kier molecular flexibility index (Phi) is 4.28. The van der Waals surface area contributed by atoms with E-state index in [0.717, 1.165) is 29.7 Å². The number of sulfonamides is 1. The van der Waals surface area contributed by atoms with Gasteiger partial charge in [-0.15, -0.1) is 0 Å². The highest BCUT2D eigenvalue weighted by atomic mass is 32.2. The van der Waals surface area contributed by atoms with Gasteiger partial charge in [-0.05, 0) is 42.2 Å². The fourth-order valence-electron chi connectivity index (χ4n) is 3.47. The van der Waals surface area contributed by atoms with Gasteiger partial charge in [0.05, 0.1) is 29.5 Å². The van der Waals surface area contributed by atoms with E-state index in [1.165, 1.54) is 4.31 Å². The topological polar surface area (TPSA) is 55.2 Å². The Balaban J connectivity index is 1.77. The van der Waals surface area contributed by atoms with Gasteiger partial charge in [0, 0.05) is 12.4 Å². The number of nitrogens with zero attached hydrogens (tertiary/aromatic N) is 3. The van der Waals surface area contributed by atoms with Crippen LogP contribution in [0.1, 0.15) is 24.1 Å². The van der Waals surface area contributed by atoms with Gasteiger partial charge in [-0.25, -0.2) is 13.4 Å². The molecule has 0 amide bonds. The molecule has 1 atom stereocenters. The Morgan fingerprint density at radius 3 is 2.58 bits per heavy atom. The maximum absolute atomic E-state index is 13.4. The van der Waals surface area contributed by atoms with Gasteiger partial charge in [0.1, 0.15) is 0 Å². The van der Waals surface area contributed by atoms with Gasteiger partial charge in [-0.2, -0.15) is 0 Å². The fraction of sp³-hybridized carbons (Fsp3) is 0.250. The number of anilines is 1. The highest BCUT2D eigenvalue weighted by Crippen LogP contribution is 2.35. The van der Waals surface area contributed by atoms with Crippen LogP contribution in [0, 0.1) is 0 Å². The van der Waals surface area contributed by atoms with Crippen molar-refractivity contribution in [3.63, 3.8) is 0 Å². The zero-order chi connectivity index (χ0) is 18.1. The highest BCUT2D eigenvalue weighted by Gasteiger charge is 2.33. The second kappa shape index (κ2) is 6.61. The van der Waals surface area contributed by atoms with Crippen LogP contribution in [0.2, 0.25) is 0 Å². The van der Waals surface area contributed by atoms with E-state index < -0.39 is 10.0 Å². The minimum absolute atomic E-state index is 0.0251. The minimum atomic E-state index is -3.62. The first kappa shape index (κ1) is 16.8. The monoisotopic (exact) mass is 367 g/mol. The molecule has 0 aliphatic carbocycles. The minimum Gasteiger partial charge on any atom is -0.332 e. The number of imidazole rings is 1. The normalized spacial score (nSPS) is 17.1. The van der Waals surface area contributed by atoms with Crippen molar-refractivity contribution in [3.8, 4) is 0 Å². The summed E-state index contributed by atoms with van der Waals surface area (Å²) in [6, 6.07) is 14.9. The van der Waals surface area contributed by atoms with Crippen molar-refractivity contribution in [1.29, 1.82) is 0 Å². The third-order valence-corrected chi connectivity index (χ3v) is 6.75. The summed E-state index contributed by atoms with van der Waals surface area (Å²) >= 11 is 0. The van der Waals surface area contributed by atoms with Crippen molar-refractivity contribution in [2.75, 3.05) is 10.8 Å². The van der Waals surface area contributed by atoms with Gasteiger partial charge in [-0.1, -0.05) is 37.3 Å². The average Bonchev–Trinajstić information content (AvgIpc) is 3.22. The maximum atomic E-state index is 13.4. The molecule has 1 aromatic heterocycles. The summed E-state index contributed by atoms with van der Waals surface area (Å²) in [6.45, 7) is 2.45. The molecule has 6 heteroatoms. The van der Waals surface area contributed by atoms with Crippen molar-refractivity contribution >= 4 is 15.7 Å². The zero-order valence-corrected chi connectivity index (χ0v) is 15.4. The van der Waals surface area contributed by atoms with Gasteiger partial charge in [0.25, 0.3) is 10.0 Å². The Bertz CT molecular complexity index is 996. The van der Waals surface area contributed by atoms with E-state index in [2.05, 4.69) is 11.9 Å². The second-order valence-electron chi connectivity index (χ2n) is 6.53. The number of aryl methyl sites for hydroxylation is 1. The smallest absolute Gasteiger partial charge is 0.264 e. The summed E-state index contributed by atoms with van der Waals surface area (Å²) in [4.78, 5) is 4.44. The van der Waals surface area contributed by atoms with Gasteiger partial charge in [0.2, 0.25) is 0 Å². The molecule has 0 radical (unpaired) electrons. The molecule has 2 aromatic carbocycles. The molecular weight excluding hydrogens is 346 g/mol. The number of hydrogen-bond acceptors (Lipinski definition) is 3. The molecule has 0 bridgehead atoms. The zero-order valence-electron chi connectivity index (χ0n) is 14.6. The van der Waals surface area contributed by atoms with Crippen LogP contribution in [0.15, 0.2) is 72.1 Å². The van der Waals surface area contributed by atoms with Gasteiger partial charge < -0.3 is 4.57 Å². The number of para-hydroxylation sites is 1. The summed E-state index contributed by atoms with van der Waals surface area (Å²) < 4.78 is 30.3. The van der Waals surface area contributed by atoms with Crippen LogP contribution in [-0.2, 0) is 22.9 Å². The summed E-state index contributed by atoms with van der Waals surface area (Å²) in [5, 5.41) is 0. The summed E-state index contributed by atoms with van der Waals surface area (Å²) in [7, 11) is -3.62. The molecule has 0 saturated carbocycles. The molecule has 4 rings (SSSR count). The van der Waals surface area contributed by atoms with E-state index in [-0.39, 0.29) is 6.04 Å². The predicted molar refractivity (Wildman–Crippen MR) is 102 cm³/mol. The molecule has 3 aromatic rings. The Morgan fingerprint density at radius 1 is 1.12 bits per heavy atom. The Labute approximate surface area is 154 Å². The van der Waals surface area contributed by atoms with Gasteiger partial charge in [0.15, 0.2) is 0 Å². The maximum Gasteiger partial charge on any atom is 0.264 e. The lowest BCUT2D eigenvalue weighted by Gasteiger charge is -2.35. The van der Waals surface area contributed by atoms with Crippen molar-refractivity contribution < 1.29 is 8.42 Å². The summed E-state index contributed by atoms with van der Waals surface area (Å²) in [5.41, 5.74) is 2.92. The number of fused-ring (bicyclic) bond motifs is 1. The second-order valence-corrected chi connectivity index (χ2v) is 8.39. The Morgan fingerprint density at radius 2 is 1.88 bits per heavy atom. The lowest BCUT2D eigenvalue weighted by molar-refractivity contribution is 0.487. The standard InChI is InChI=1S/C20H21N3O2S/c1-2-16-7-9-19(10-8-16)26(24,25)23-14-18(22-12-11-21-15-22)13-17-5-3-4-6-20(17)23/h3-12,15,18H,2,13-14H2,1H3/t18-/m1/s1. The van der Waals surface area contributed by atoms with Crippen molar-refractivity contribution in [2.45, 2.75) is 30.7 Å². The third-order valence-electron chi connectivity index (χ3n) is 4.96. The first-order chi connectivity index (χ1) is 12.6. The number of rotatable bonds is 4. The molecule has 26 heavy (non-hydrogen) atoms. The van der Waals surface area contributed by atoms with Crippen molar-refractivity contribution in [2.24, 2.45) is 0 Å². The molecule has 5 nitrogen and oxygen atoms in total. The van der Waals surface area contributed by atoms with Crippen LogP contribution in [0.3, 0.4) is 0 Å². The number of benzene rings is 2. The Hall–Kier alpha value is -2.60. The lowest BCUT2D eigenvalue weighted by atomic mass is 10.00. The van der Waals surface area contributed by atoms with Gasteiger partial charge in [-0.3, -0.25) is 4.31 Å². The van der Waals surface area contributed by atoms with Crippen molar-refractivity contribution in [3.05, 3.63) is 78.4 Å².